The largest absolute Gasteiger partial charge is 0.386 e. The van der Waals surface area contributed by atoms with Crippen LogP contribution in [0.2, 0.25) is 0 Å². The van der Waals surface area contributed by atoms with Gasteiger partial charge >= 0.3 is 0 Å². The first-order valence-corrected chi connectivity index (χ1v) is 18.2. The van der Waals surface area contributed by atoms with Crippen LogP contribution in [0, 0.1) is 0 Å². The lowest BCUT2D eigenvalue weighted by atomic mass is 9.98. The van der Waals surface area contributed by atoms with Crippen LogP contribution in [0.1, 0.15) is 90.6 Å². The molecule has 6 nitrogen and oxygen atoms in total. The minimum absolute atomic E-state index is 0.225. The van der Waals surface area contributed by atoms with Gasteiger partial charge in [0.15, 0.2) is 0 Å². The Balaban J connectivity index is 0.000000841. The standard InChI is InChI=1S/C37H42N6.2C3H8/c1-5-33(41-26(4)36-10-8-20-43(36)25(3)23-38-6-2)32-18-17-30-21-29(15-16-31(30)22-32)27-11-13-28(14-12-27)35-24-40-37(42-35)34-9-7-19-39-34;2*1-3-2/h5-6,11-18,21-22,24,34,36,38-39,41H,2-4,7-10,19-20,23H2,1H3,(H,40,42);2*3H2,1-2H3/b33-5-;;. The van der Waals surface area contributed by atoms with Crippen LogP contribution in [0.25, 0.3) is 38.9 Å². The molecule has 3 heterocycles. The van der Waals surface area contributed by atoms with Gasteiger partial charge in [-0.25, -0.2) is 4.98 Å². The number of aromatic nitrogens is 2. The van der Waals surface area contributed by atoms with Gasteiger partial charge in [0, 0.05) is 23.6 Å². The van der Waals surface area contributed by atoms with Crippen molar-refractivity contribution in [1.82, 2.24) is 30.8 Å². The Bertz CT molecular complexity index is 1690. The van der Waals surface area contributed by atoms with E-state index >= 15 is 0 Å². The molecule has 0 saturated carbocycles. The smallest absolute Gasteiger partial charge is 0.123 e. The lowest BCUT2D eigenvalue weighted by Gasteiger charge is -2.31. The maximum absolute atomic E-state index is 4.63. The van der Waals surface area contributed by atoms with E-state index in [9.17, 15) is 0 Å². The summed E-state index contributed by atoms with van der Waals surface area (Å²) in [5.41, 5.74) is 8.91. The third kappa shape index (κ3) is 9.76. The molecule has 0 amide bonds. The van der Waals surface area contributed by atoms with Crippen molar-refractivity contribution in [2.45, 2.75) is 85.2 Å². The number of nitrogens with zero attached hydrogens (tertiary/aromatic N) is 2. The first-order valence-electron chi connectivity index (χ1n) is 18.2. The monoisotopic (exact) mass is 658 g/mol. The summed E-state index contributed by atoms with van der Waals surface area (Å²) < 4.78 is 0. The molecule has 2 unspecified atom stereocenters. The normalized spacial score (nSPS) is 17.1. The van der Waals surface area contributed by atoms with Crippen LogP contribution in [0.3, 0.4) is 0 Å². The fourth-order valence-electron chi connectivity index (χ4n) is 6.38. The van der Waals surface area contributed by atoms with E-state index in [1.54, 1.807) is 6.20 Å². The number of fused-ring (bicyclic) bond motifs is 1. The van der Waals surface area contributed by atoms with Crippen molar-refractivity contribution in [2.75, 3.05) is 19.6 Å². The van der Waals surface area contributed by atoms with Gasteiger partial charge in [0.25, 0.3) is 0 Å². The Labute approximate surface area is 295 Å². The van der Waals surface area contributed by atoms with E-state index in [-0.39, 0.29) is 6.04 Å². The molecule has 3 aromatic carbocycles. The highest BCUT2D eigenvalue weighted by molar-refractivity contribution is 5.90. The Hall–Kier alpha value is -4.55. The second-order valence-corrected chi connectivity index (χ2v) is 13.0. The number of allylic oxidation sites excluding steroid dienone is 1. The van der Waals surface area contributed by atoms with E-state index in [1.807, 2.05) is 6.20 Å². The molecule has 6 rings (SSSR count). The number of hydrogen-bond donors (Lipinski definition) is 4. The molecule has 2 aliphatic heterocycles. The summed E-state index contributed by atoms with van der Waals surface area (Å²) in [7, 11) is 0. The second-order valence-electron chi connectivity index (χ2n) is 13.0. The van der Waals surface area contributed by atoms with Crippen LogP contribution in [-0.2, 0) is 0 Å². The Morgan fingerprint density at radius 3 is 2.24 bits per heavy atom. The zero-order valence-electron chi connectivity index (χ0n) is 30.5. The van der Waals surface area contributed by atoms with E-state index in [0.717, 1.165) is 72.1 Å². The number of aromatic amines is 1. The molecule has 1 aromatic heterocycles. The molecule has 260 valence electrons. The summed E-state index contributed by atoms with van der Waals surface area (Å²) in [6, 6.07) is 22.7. The average Bonchev–Trinajstić information content (AvgIpc) is 3.93. The third-order valence-corrected chi connectivity index (χ3v) is 8.76. The SMILES string of the molecule is C=CNCC(=C)N1CCCC1C(=C)N/C(=C\C)c1ccc2cc(-c3ccc(-c4cnc(C5CCCN5)[nH]4)cc3)ccc2c1.CCC.CCC. The van der Waals surface area contributed by atoms with E-state index in [0.29, 0.717) is 12.6 Å². The summed E-state index contributed by atoms with van der Waals surface area (Å²) in [6.45, 7) is 25.8. The van der Waals surface area contributed by atoms with E-state index in [2.05, 4.69) is 152 Å². The fraction of sp³-hybridized carbons (Fsp3) is 0.372. The van der Waals surface area contributed by atoms with Gasteiger partial charge in [-0.15, -0.1) is 0 Å². The number of H-pyrrole nitrogens is 1. The topological polar surface area (TPSA) is 68.0 Å². The van der Waals surface area contributed by atoms with Gasteiger partial charge < -0.3 is 25.8 Å². The van der Waals surface area contributed by atoms with Crippen LogP contribution >= 0.6 is 0 Å². The zero-order valence-corrected chi connectivity index (χ0v) is 30.5. The van der Waals surface area contributed by atoms with Crippen molar-refractivity contribution >= 4 is 16.5 Å². The first-order chi connectivity index (χ1) is 23.9. The van der Waals surface area contributed by atoms with Crippen LogP contribution in [0.15, 0.2) is 110 Å². The summed E-state index contributed by atoms with van der Waals surface area (Å²) in [6.07, 6.45) is 12.8. The number of likely N-dealkylation sites (tertiary alicyclic amines) is 1. The summed E-state index contributed by atoms with van der Waals surface area (Å²) in [5.74, 6) is 1.04. The molecule has 49 heavy (non-hydrogen) atoms. The molecule has 0 spiro atoms. The third-order valence-electron chi connectivity index (χ3n) is 8.76. The number of imidazole rings is 1. The molecule has 6 heteroatoms. The lowest BCUT2D eigenvalue weighted by molar-refractivity contribution is 0.342. The molecule has 2 fully saturated rings. The Kier molecular flexibility index (Phi) is 14.3. The molecule has 4 aromatic rings. The quantitative estimate of drug-likeness (QED) is 0.129. The first kappa shape index (κ1) is 37.3. The van der Waals surface area contributed by atoms with Gasteiger partial charge in [-0.05, 0) is 90.5 Å². The molecular weight excluding hydrogens is 601 g/mol. The predicted molar refractivity (Wildman–Crippen MR) is 212 cm³/mol. The molecular formula is C43H58N6. The minimum atomic E-state index is 0.225. The van der Waals surface area contributed by atoms with Crippen molar-refractivity contribution < 1.29 is 0 Å². The molecule has 4 N–H and O–H groups in total. The van der Waals surface area contributed by atoms with Crippen LogP contribution in [0.4, 0.5) is 0 Å². The van der Waals surface area contributed by atoms with Gasteiger partial charge in [0.05, 0.1) is 30.5 Å². The summed E-state index contributed by atoms with van der Waals surface area (Å²) >= 11 is 0. The average molecular weight is 659 g/mol. The van der Waals surface area contributed by atoms with Crippen molar-refractivity contribution in [2.24, 2.45) is 0 Å². The summed E-state index contributed by atoms with van der Waals surface area (Å²) in [5, 5.41) is 12.7. The zero-order chi connectivity index (χ0) is 35.2. The van der Waals surface area contributed by atoms with Gasteiger partial charge in [0.2, 0.25) is 0 Å². The highest BCUT2D eigenvalue weighted by Crippen LogP contribution is 2.31. The highest BCUT2D eigenvalue weighted by Gasteiger charge is 2.28. The van der Waals surface area contributed by atoms with Gasteiger partial charge in [-0.3, -0.25) is 0 Å². The second kappa shape index (κ2) is 18.8. The molecule has 0 radical (unpaired) electrons. The number of hydrogen-bond acceptors (Lipinski definition) is 5. The fourth-order valence-corrected chi connectivity index (χ4v) is 6.38. The van der Waals surface area contributed by atoms with Gasteiger partial charge in [-0.1, -0.05) is 115 Å². The highest BCUT2D eigenvalue weighted by atomic mass is 15.2. The molecule has 0 aliphatic carbocycles. The molecule has 0 bridgehead atoms. The van der Waals surface area contributed by atoms with Crippen molar-refractivity contribution in [1.29, 1.82) is 0 Å². The van der Waals surface area contributed by atoms with E-state index in [1.165, 1.54) is 41.2 Å². The predicted octanol–water partition coefficient (Wildman–Crippen LogP) is 10.3. The molecule has 2 aliphatic rings. The number of nitrogens with one attached hydrogen (secondary N) is 4. The van der Waals surface area contributed by atoms with Gasteiger partial charge in [0.1, 0.15) is 5.82 Å². The minimum Gasteiger partial charge on any atom is -0.386 e. The maximum Gasteiger partial charge on any atom is 0.123 e. The number of rotatable bonds is 11. The van der Waals surface area contributed by atoms with E-state index < -0.39 is 0 Å². The molecule has 2 atom stereocenters. The van der Waals surface area contributed by atoms with Crippen molar-refractivity contribution in [3.8, 4) is 22.4 Å². The molecule has 2 saturated heterocycles. The lowest BCUT2D eigenvalue weighted by Crippen LogP contribution is -2.36. The van der Waals surface area contributed by atoms with Crippen LogP contribution in [0.5, 0.6) is 0 Å². The van der Waals surface area contributed by atoms with Crippen LogP contribution < -0.4 is 16.0 Å². The van der Waals surface area contributed by atoms with Gasteiger partial charge in [-0.2, -0.15) is 0 Å². The van der Waals surface area contributed by atoms with Crippen molar-refractivity contribution in [3.05, 3.63) is 122 Å². The summed E-state index contributed by atoms with van der Waals surface area (Å²) in [4.78, 5) is 10.5. The Morgan fingerprint density at radius 2 is 1.57 bits per heavy atom. The van der Waals surface area contributed by atoms with Crippen molar-refractivity contribution in [3.63, 3.8) is 0 Å². The maximum atomic E-state index is 4.63. The van der Waals surface area contributed by atoms with Crippen LogP contribution in [-0.4, -0.2) is 40.5 Å². The van der Waals surface area contributed by atoms with E-state index in [4.69, 9.17) is 0 Å². The Morgan fingerprint density at radius 1 is 0.898 bits per heavy atom. The number of benzene rings is 3.